The minimum Gasteiger partial charge on any atom is -0.372 e. The first kappa shape index (κ1) is 19.9. The molecule has 20 heavy (non-hydrogen) atoms. The lowest BCUT2D eigenvalue weighted by molar-refractivity contribution is 0.0906. The standard InChI is InChI=1S/C15H32O4S/c1-3-5-6-7-8-9-10-11-12-14-15(16,13-4-2)20(17,18)19/h16H,3-14H2,1-2H3,(H,17,18,19). The van der Waals surface area contributed by atoms with Crippen molar-refractivity contribution in [2.45, 2.75) is 95.8 Å². The molecule has 0 saturated heterocycles. The molecular weight excluding hydrogens is 276 g/mol. The summed E-state index contributed by atoms with van der Waals surface area (Å²) in [6, 6.07) is 0. The highest BCUT2D eigenvalue weighted by Gasteiger charge is 2.38. The van der Waals surface area contributed by atoms with Crippen LogP contribution in [0.25, 0.3) is 0 Å². The topological polar surface area (TPSA) is 74.6 Å². The molecule has 0 aromatic heterocycles. The molecule has 0 heterocycles. The van der Waals surface area contributed by atoms with Crippen molar-refractivity contribution in [1.29, 1.82) is 0 Å². The first-order valence-electron chi connectivity index (χ1n) is 8.06. The van der Waals surface area contributed by atoms with Gasteiger partial charge in [-0.05, 0) is 19.3 Å². The molecule has 0 amide bonds. The lowest BCUT2D eigenvalue weighted by atomic mass is 10.0. The van der Waals surface area contributed by atoms with E-state index in [1.165, 1.54) is 38.5 Å². The highest BCUT2D eigenvalue weighted by molar-refractivity contribution is 7.87. The van der Waals surface area contributed by atoms with E-state index >= 15 is 0 Å². The summed E-state index contributed by atoms with van der Waals surface area (Å²) < 4.78 is 31.5. The van der Waals surface area contributed by atoms with Crippen LogP contribution in [-0.2, 0) is 10.1 Å². The summed E-state index contributed by atoms with van der Waals surface area (Å²) in [5.41, 5.74) is 0. The zero-order valence-electron chi connectivity index (χ0n) is 13.1. The lowest BCUT2D eigenvalue weighted by Crippen LogP contribution is -2.38. The van der Waals surface area contributed by atoms with Gasteiger partial charge in [0.2, 0.25) is 0 Å². The Kier molecular flexibility index (Phi) is 10.5. The van der Waals surface area contributed by atoms with Gasteiger partial charge in [-0.25, -0.2) is 0 Å². The van der Waals surface area contributed by atoms with Gasteiger partial charge in [-0.1, -0.05) is 71.6 Å². The molecule has 122 valence electrons. The third-order valence-electron chi connectivity index (χ3n) is 3.79. The second-order valence-corrected chi connectivity index (χ2v) is 7.46. The van der Waals surface area contributed by atoms with Gasteiger partial charge in [-0.15, -0.1) is 0 Å². The van der Waals surface area contributed by atoms with Gasteiger partial charge < -0.3 is 5.11 Å². The fraction of sp³-hybridized carbons (Fsp3) is 1.00. The summed E-state index contributed by atoms with van der Waals surface area (Å²) in [6.45, 7) is 4.00. The maximum Gasteiger partial charge on any atom is 0.294 e. The van der Waals surface area contributed by atoms with Crippen molar-refractivity contribution < 1.29 is 18.1 Å². The molecule has 0 rings (SSSR count). The molecule has 4 nitrogen and oxygen atoms in total. The Bertz CT molecular complexity index is 327. The Hall–Kier alpha value is -0.130. The number of unbranched alkanes of at least 4 members (excludes halogenated alkanes) is 8. The minimum absolute atomic E-state index is 0.100. The molecule has 1 atom stereocenters. The number of rotatable bonds is 13. The molecule has 0 aromatic rings. The zero-order chi connectivity index (χ0) is 15.5. The van der Waals surface area contributed by atoms with Crippen molar-refractivity contribution in [3.05, 3.63) is 0 Å². The normalized spacial score (nSPS) is 15.2. The highest BCUT2D eigenvalue weighted by Crippen LogP contribution is 2.26. The monoisotopic (exact) mass is 308 g/mol. The van der Waals surface area contributed by atoms with Gasteiger partial charge >= 0.3 is 0 Å². The molecular formula is C15H32O4S. The molecule has 0 aliphatic carbocycles. The van der Waals surface area contributed by atoms with E-state index in [2.05, 4.69) is 6.92 Å². The van der Waals surface area contributed by atoms with E-state index in [-0.39, 0.29) is 12.8 Å². The molecule has 0 saturated carbocycles. The summed E-state index contributed by atoms with van der Waals surface area (Å²) in [4.78, 5) is -1.94. The molecule has 0 radical (unpaired) electrons. The van der Waals surface area contributed by atoms with Crippen LogP contribution in [0, 0.1) is 0 Å². The van der Waals surface area contributed by atoms with E-state index in [1.807, 2.05) is 0 Å². The summed E-state index contributed by atoms with van der Waals surface area (Å²) in [6.07, 6.45) is 10.9. The molecule has 0 bridgehead atoms. The zero-order valence-corrected chi connectivity index (χ0v) is 13.9. The van der Waals surface area contributed by atoms with Crippen molar-refractivity contribution in [2.75, 3.05) is 0 Å². The van der Waals surface area contributed by atoms with Crippen LogP contribution in [0.2, 0.25) is 0 Å². The van der Waals surface area contributed by atoms with Crippen LogP contribution in [0.5, 0.6) is 0 Å². The smallest absolute Gasteiger partial charge is 0.294 e. The maximum atomic E-state index is 11.2. The van der Waals surface area contributed by atoms with E-state index in [1.54, 1.807) is 6.92 Å². The average molecular weight is 308 g/mol. The molecule has 0 aliphatic rings. The second kappa shape index (κ2) is 10.6. The predicted octanol–water partition coefficient (Wildman–Crippen LogP) is 4.28. The maximum absolute atomic E-state index is 11.2. The lowest BCUT2D eigenvalue weighted by Gasteiger charge is -2.24. The molecule has 5 heteroatoms. The van der Waals surface area contributed by atoms with Crippen LogP contribution in [-0.4, -0.2) is 23.0 Å². The Morgan fingerprint density at radius 2 is 1.20 bits per heavy atom. The van der Waals surface area contributed by atoms with Gasteiger partial charge in [0.1, 0.15) is 0 Å². The van der Waals surface area contributed by atoms with Gasteiger partial charge in [-0.3, -0.25) is 4.55 Å². The van der Waals surface area contributed by atoms with Crippen molar-refractivity contribution >= 4 is 10.1 Å². The van der Waals surface area contributed by atoms with E-state index in [0.29, 0.717) is 12.8 Å². The fourth-order valence-corrected chi connectivity index (χ4v) is 3.35. The van der Waals surface area contributed by atoms with Crippen molar-refractivity contribution in [1.82, 2.24) is 0 Å². The van der Waals surface area contributed by atoms with Gasteiger partial charge in [0.05, 0.1) is 0 Å². The van der Waals surface area contributed by atoms with E-state index in [4.69, 9.17) is 4.55 Å². The quantitative estimate of drug-likeness (QED) is 0.393. The van der Waals surface area contributed by atoms with Crippen LogP contribution in [0.3, 0.4) is 0 Å². The van der Waals surface area contributed by atoms with Crippen molar-refractivity contribution in [3.63, 3.8) is 0 Å². The molecule has 0 fully saturated rings. The highest BCUT2D eigenvalue weighted by atomic mass is 32.2. The third-order valence-corrected chi connectivity index (χ3v) is 5.16. The van der Waals surface area contributed by atoms with Gasteiger partial charge in [0.25, 0.3) is 10.1 Å². The minimum atomic E-state index is -4.38. The van der Waals surface area contributed by atoms with Crippen molar-refractivity contribution in [2.24, 2.45) is 0 Å². The van der Waals surface area contributed by atoms with Crippen LogP contribution < -0.4 is 0 Å². The first-order valence-corrected chi connectivity index (χ1v) is 9.51. The number of hydrogen-bond acceptors (Lipinski definition) is 3. The van der Waals surface area contributed by atoms with E-state index in [0.717, 1.165) is 12.8 Å². The Labute approximate surface area is 124 Å². The van der Waals surface area contributed by atoms with Gasteiger partial charge in [-0.2, -0.15) is 8.42 Å². The average Bonchev–Trinajstić information content (AvgIpc) is 2.36. The van der Waals surface area contributed by atoms with Crippen LogP contribution in [0.4, 0.5) is 0 Å². The van der Waals surface area contributed by atoms with E-state index < -0.39 is 15.1 Å². The molecule has 2 N–H and O–H groups in total. The summed E-state index contributed by atoms with van der Waals surface area (Å²) in [7, 11) is -4.38. The second-order valence-electron chi connectivity index (χ2n) is 5.75. The third kappa shape index (κ3) is 8.22. The Morgan fingerprint density at radius 3 is 1.60 bits per heavy atom. The summed E-state index contributed by atoms with van der Waals surface area (Å²) >= 11 is 0. The van der Waals surface area contributed by atoms with E-state index in [9.17, 15) is 13.5 Å². The van der Waals surface area contributed by atoms with Crippen LogP contribution in [0.15, 0.2) is 0 Å². The summed E-state index contributed by atoms with van der Waals surface area (Å²) in [5.74, 6) is 0. The summed E-state index contributed by atoms with van der Waals surface area (Å²) in [5, 5.41) is 10.0. The molecule has 0 aliphatic heterocycles. The fourth-order valence-electron chi connectivity index (χ4n) is 2.49. The molecule has 0 spiro atoms. The predicted molar refractivity (Wildman–Crippen MR) is 83.3 cm³/mol. The Balaban J connectivity index is 3.76. The van der Waals surface area contributed by atoms with Gasteiger partial charge in [0.15, 0.2) is 4.93 Å². The molecule has 1 unspecified atom stereocenters. The van der Waals surface area contributed by atoms with Crippen LogP contribution >= 0.6 is 0 Å². The molecule has 0 aromatic carbocycles. The first-order chi connectivity index (χ1) is 9.37. The van der Waals surface area contributed by atoms with Gasteiger partial charge in [0, 0.05) is 0 Å². The van der Waals surface area contributed by atoms with Crippen molar-refractivity contribution in [3.8, 4) is 0 Å². The number of hydrogen-bond donors (Lipinski definition) is 2. The van der Waals surface area contributed by atoms with Crippen LogP contribution in [0.1, 0.15) is 90.9 Å². The SMILES string of the molecule is CCCCCCCCCCCC(O)(CCC)S(=O)(=O)O. The largest absolute Gasteiger partial charge is 0.372 e. The Morgan fingerprint density at radius 1 is 0.750 bits per heavy atom. The number of aliphatic hydroxyl groups is 1.